The van der Waals surface area contributed by atoms with Crippen molar-refractivity contribution < 1.29 is 8.42 Å². The normalized spacial score (nSPS) is 11.9. The molecule has 2 aromatic heterocycles. The van der Waals surface area contributed by atoms with Crippen LogP contribution in [0.4, 0.5) is 10.8 Å². The Hall–Kier alpha value is -1.23. The summed E-state index contributed by atoms with van der Waals surface area (Å²) in [4.78, 5) is 4.14. The van der Waals surface area contributed by atoms with Crippen molar-refractivity contribution in [1.29, 1.82) is 0 Å². The molecule has 19 heavy (non-hydrogen) atoms. The number of nitrogens with two attached hydrogens (primary N) is 1. The Kier molecular flexibility index (Phi) is 4.04. The number of sulfonamides is 1. The number of anilines is 2. The minimum Gasteiger partial charge on any atom is -0.382 e. The van der Waals surface area contributed by atoms with Crippen molar-refractivity contribution in [1.82, 2.24) is 13.7 Å². The number of nitrogens with zero attached hydrogens (tertiary/aromatic N) is 3. The Balaban J connectivity index is 2.28. The van der Waals surface area contributed by atoms with Gasteiger partial charge in [-0.15, -0.1) is 11.3 Å². The van der Waals surface area contributed by atoms with E-state index in [1.54, 1.807) is 5.51 Å². The maximum absolute atomic E-state index is 12.2. The second-order valence-corrected chi connectivity index (χ2v) is 7.43. The molecule has 0 atom stereocenters. The SMILES string of the molecule is CN(C)S(=O)(=O)c1c(N)nsc1NCc1cscn1. The largest absolute Gasteiger partial charge is 0.382 e. The lowest BCUT2D eigenvalue weighted by Crippen LogP contribution is -2.23. The summed E-state index contributed by atoms with van der Waals surface area (Å²) in [5.41, 5.74) is 8.21. The summed E-state index contributed by atoms with van der Waals surface area (Å²) in [7, 11) is -0.700. The van der Waals surface area contributed by atoms with Gasteiger partial charge in [-0.2, -0.15) is 4.37 Å². The molecule has 0 fully saturated rings. The van der Waals surface area contributed by atoms with Crippen LogP contribution in [0.5, 0.6) is 0 Å². The molecule has 2 heterocycles. The molecule has 0 radical (unpaired) electrons. The molecule has 0 spiro atoms. The van der Waals surface area contributed by atoms with E-state index in [9.17, 15) is 8.42 Å². The van der Waals surface area contributed by atoms with Crippen molar-refractivity contribution in [2.45, 2.75) is 11.4 Å². The number of nitrogen functional groups attached to an aromatic ring is 1. The topological polar surface area (TPSA) is 101 Å². The molecule has 0 saturated heterocycles. The van der Waals surface area contributed by atoms with E-state index in [1.165, 1.54) is 25.4 Å². The zero-order chi connectivity index (χ0) is 14.0. The fourth-order valence-corrected chi connectivity index (χ4v) is 3.96. The summed E-state index contributed by atoms with van der Waals surface area (Å²) in [6.45, 7) is 0.432. The summed E-state index contributed by atoms with van der Waals surface area (Å²) in [6.07, 6.45) is 0. The van der Waals surface area contributed by atoms with Crippen LogP contribution in [0.1, 0.15) is 5.69 Å². The van der Waals surface area contributed by atoms with E-state index in [2.05, 4.69) is 14.7 Å². The first-order chi connectivity index (χ1) is 8.93. The number of hydrogen-bond acceptors (Lipinski definition) is 8. The van der Waals surface area contributed by atoms with Gasteiger partial charge in [0.05, 0.1) is 17.7 Å². The second kappa shape index (κ2) is 5.41. The van der Waals surface area contributed by atoms with Crippen LogP contribution in [0, 0.1) is 0 Å². The van der Waals surface area contributed by atoms with E-state index in [-0.39, 0.29) is 10.7 Å². The Labute approximate surface area is 119 Å². The summed E-state index contributed by atoms with van der Waals surface area (Å²) >= 11 is 2.51. The molecule has 7 nitrogen and oxygen atoms in total. The third-order valence-electron chi connectivity index (χ3n) is 2.33. The maximum atomic E-state index is 12.2. The fourth-order valence-electron chi connectivity index (χ4n) is 1.33. The lowest BCUT2D eigenvalue weighted by atomic mass is 10.5. The van der Waals surface area contributed by atoms with Gasteiger partial charge in [-0.25, -0.2) is 17.7 Å². The summed E-state index contributed by atoms with van der Waals surface area (Å²) in [5.74, 6) is 0.0134. The molecule has 104 valence electrons. The Morgan fingerprint density at radius 2 is 2.21 bits per heavy atom. The van der Waals surface area contributed by atoms with E-state index >= 15 is 0 Å². The first-order valence-electron chi connectivity index (χ1n) is 5.21. The number of rotatable bonds is 5. The molecule has 0 aliphatic heterocycles. The Morgan fingerprint density at radius 3 is 2.79 bits per heavy atom. The van der Waals surface area contributed by atoms with Crippen LogP contribution in [0.2, 0.25) is 0 Å². The summed E-state index contributed by atoms with van der Waals surface area (Å²) in [6, 6.07) is 0. The average Bonchev–Trinajstić information content (AvgIpc) is 2.95. The Bertz CT molecular complexity index is 647. The third-order valence-corrected chi connectivity index (χ3v) is 5.80. The van der Waals surface area contributed by atoms with E-state index in [0.717, 1.165) is 21.5 Å². The van der Waals surface area contributed by atoms with Crippen LogP contribution < -0.4 is 11.1 Å². The monoisotopic (exact) mass is 319 g/mol. The van der Waals surface area contributed by atoms with Gasteiger partial charge in [-0.1, -0.05) is 0 Å². The van der Waals surface area contributed by atoms with Crippen molar-refractivity contribution in [2.75, 3.05) is 25.1 Å². The van der Waals surface area contributed by atoms with Crippen molar-refractivity contribution in [3.05, 3.63) is 16.6 Å². The molecular formula is C9H13N5O2S3. The number of thiazole rings is 1. The molecule has 0 aliphatic rings. The molecule has 3 N–H and O–H groups in total. The van der Waals surface area contributed by atoms with Gasteiger partial charge in [0.2, 0.25) is 10.0 Å². The molecule has 0 unspecified atom stereocenters. The lowest BCUT2D eigenvalue weighted by Gasteiger charge is -2.12. The van der Waals surface area contributed by atoms with Crippen LogP contribution in [0.3, 0.4) is 0 Å². The molecule has 2 rings (SSSR count). The van der Waals surface area contributed by atoms with Crippen molar-refractivity contribution in [3.63, 3.8) is 0 Å². The van der Waals surface area contributed by atoms with E-state index in [0.29, 0.717) is 11.5 Å². The van der Waals surface area contributed by atoms with Gasteiger partial charge in [0.15, 0.2) is 10.7 Å². The van der Waals surface area contributed by atoms with Crippen molar-refractivity contribution >= 4 is 43.7 Å². The molecule has 0 bridgehead atoms. The predicted molar refractivity (Wildman–Crippen MR) is 76.8 cm³/mol. The van der Waals surface area contributed by atoms with Gasteiger partial charge in [-0.3, -0.25) is 0 Å². The van der Waals surface area contributed by atoms with Crippen molar-refractivity contribution in [3.8, 4) is 0 Å². The standard InChI is InChI=1S/C9H13N5O2S3/c1-14(2)19(15,16)7-8(10)13-18-9(7)11-3-6-4-17-5-12-6/h4-5,11H,3H2,1-2H3,(H2,10,13). The van der Waals surface area contributed by atoms with Crippen molar-refractivity contribution in [2.24, 2.45) is 0 Å². The maximum Gasteiger partial charge on any atom is 0.249 e. The van der Waals surface area contributed by atoms with Crippen LogP contribution in [-0.2, 0) is 16.6 Å². The third kappa shape index (κ3) is 2.86. The lowest BCUT2D eigenvalue weighted by molar-refractivity contribution is 0.521. The molecular weight excluding hydrogens is 306 g/mol. The first kappa shape index (κ1) is 14.2. The van der Waals surface area contributed by atoms with Gasteiger partial charge >= 0.3 is 0 Å². The fraction of sp³-hybridized carbons (Fsp3) is 0.333. The quantitative estimate of drug-likeness (QED) is 0.854. The van der Waals surface area contributed by atoms with Crippen LogP contribution in [0.15, 0.2) is 15.8 Å². The van der Waals surface area contributed by atoms with Gasteiger partial charge in [0.1, 0.15) is 5.00 Å². The number of aromatic nitrogens is 2. The van der Waals surface area contributed by atoms with E-state index < -0.39 is 10.0 Å². The van der Waals surface area contributed by atoms with Crippen LogP contribution in [0.25, 0.3) is 0 Å². The summed E-state index contributed by atoms with van der Waals surface area (Å²) < 4.78 is 29.3. The zero-order valence-electron chi connectivity index (χ0n) is 10.3. The van der Waals surface area contributed by atoms with E-state index in [1.807, 2.05) is 5.38 Å². The highest BCUT2D eigenvalue weighted by Crippen LogP contribution is 2.33. The van der Waals surface area contributed by atoms with Gasteiger partial charge in [0, 0.05) is 19.5 Å². The Morgan fingerprint density at radius 1 is 1.47 bits per heavy atom. The molecule has 10 heteroatoms. The highest BCUT2D eigenvalue weighted by molar-refractivity contribution is 7.89. The minimum atomic E-state index is -3.61. The molecule has 2 aromatic rings. The van der Waals surface area contributed by atoms with Crippen LogP contribution >= 0.6 is 22.9 Å². The molecule has 0 amide bonds. The van der Waals surface area contributed by atoms with Gasteiger partial charge in [-0.05, 0) is 11.5 Å². The van der Waals surface area contributed by atoms with Gasteiger partial charge < -0.3 is 11.1 Å². The second-order valence-electron chi connectivity index (χ2n) is 3.85. The van der Waals surface area contributed by atoms with Gasteiger partial charge in [0.25, 0.3) is 0 Å². The zero-order valence-corrected chi connectivity index (χ0v) is 12.8. The summed E-state index contributed by atoms with van der Waals surface area (Å²) in [5, 5.41) is 5.33. The molecule has 0 aliphatic carbocycles. The minimum absolute atomic E-state index is 0.0134. The van der Waals surface area contributed by atoms with E-state index in [4.69, 9.17) is 5.73 Å². The highest BCUT2D eigenvalue weighted by Gasteiger charge is 2.27. The molecule has 0 aromatic carbocycles. The van der Waals surface area contributed by atoms with Crippen LogP contribution in [-0.4, -0.2) is 36.2 Å². The smallest absolute Gasteiger partial charge is 0.249 e. The number of hydrogen-bond donors (Lipinski definition) is 2. The molecule has 0 saturated carbocycles. The first-order valence-corrected chi connectivity index (χ1v) is 8.37. The predicted octanol–water partition coefficient (Wildman–Crippen LogP) is 1.04. The number of nitrogens with one attached hydrogen (secondary N) is 1. The average molecular weight is 319 g/mol. The highest BCUT2D eigenvalue weighted by atomic mass is 32.2.